The van der Waals surface area contributed by atoms with Gasteiger partial charge in [-0.2, -0.15) is 0 Å². The van der Waals surface area contributed by atoms with Gasteiger partial charge in [0.2, 0.25) is 18.1 Å². The predicted octanol–water partition coefficient (Wildman–Crippen LogP) is -0.802. The van der Waals surface area contributed by atoms with E-state index in [0.717, 1.165) is 12.8 Å². The molecule has 0 aliphatic rings. The van der Waals surface area contributed by atoms with Crippen LogP contribution in [0.25, 0.3) is 0 Å². The van der Waals surface area contributed by atoms with Crippen LogP contribution in [0.2, 0.25) is 0 Å². The summed E-state index contributed by atoms with van der Waals surface area (Å²) in [7, 11) is 0. The number of carbonyl (C=O) groups is 2. The summed E-state index contributed by atoms with van der Waals surface area (Å²) in [5, 5.41) is 5.11. The molecule has 1 radical (unpaired) electrons. The van der Waals surface area contributed by atoms with Crippen molar-refractivity contribution < 1.29 is 14.4 Å². The van der Waals surface area contributed by atoms with E-state index in [-0.39, 0.29) is 11.8 Å². The largest absolute Gasteiger partial charge is 0.344 e. The van der Waals surface area contributed by atoms with E-state index in [0.29, 0.717) is 13.0 Å². The first-order chi connectivity index (χ1) is 9.83. The molecule has 0 unspecified atom stereocenters. The van der Waals surface area contributed by atoms with E-state index in [1.165, 1.54) is 6.92 Å². The van der Waals surface area contributed by atoms with Gasteiger partial charge >= 0.3 is 0 Å². The zero-order valence-corrected chi connectivity index (χ0v) is 13.0. The lowest BCUT2D eigenvalue weighted by Crippen LogP contribution is -2.55. The number of unbranched alkanes of at least 4 members (excludes halogenated alkanes) is 1. The fourth-order valence-electron chi connectivity index (χ4n) is 1.77. The molecule has 3 atom stereocenters. The topological polar surface area (TPSA) is 127 Å². The van der Waals surface area contributed by atoms with E-state index in [1.54, 1.807) is 20.1 Å². The minimum absolute atomic E-state index is 0.121. The van der Waals surface area contributed by atoms with Crippen LogP contribution in [-0.2, 0) is 14.4 Å². The molecular formula is C14H27N4O3. The third-order valence-corrected chi connectivity index (χ3v) is 3.09. The first-order valence-corrected chi connectivity index (χ1v) is 7.27. The first kappa shape index (κ1) is 19.5. The summed E-state index contributed by atoms with van der Waals surface area (Å²) in [5.41, 5.74) is 11.2. The Morgan fingerprint density at radius 3 is 2.19 bits per heavy atom. The zero-order valence-electron chi connectivity index (χ0n) is 13.0. The Morgan fingerprint density at radius 1 is 1.10 bits per heavy atom. The molecule has 0 spiro atoms. The molecule has 0 heterocycles. The zero-order chi connectivity index (χ0) is 16.4. The summed E-state index contributed by atoms with van der Waals surface area (Å²) in [5.74, 6) is -0.906. The summed E-state index contributed by atoms with van der Waals surface area (Å²) < 4.78 is 0. The van der Waals surface area contributed by atoms with Crippen molar-refractivity contribution in [3.05, 3.63) is 0 Å². The molecule has 0 saturated heterocycles. The van der Waals surface area contributed by atoms with Crippen molar-refractivity contribution >= 4 is 18.1 Å². The van der Waals surface area contributed by atoms with Crippen LogP contribution in [0.5, 0.6) is 0 Å². The second kappa shape index (κ2) is 10.3. The van der Waals surface area contributed by atoms with Crippen molar-refractivity contribution in [2.24, 2.45) is 17.4 Å². The maximum absolute atomic E-state index is 12.0. The number of hydrogen-bond donors (Lipinski definition) is 4. The van der Waals surface area contributed by atoms with Gasteiger partial charge in [-0.3, -0.25) is 14.4 Å². The lowest BCUT2D eigenvalue weighted by atomic mass is 10.0. The van der Waals surface area contributed by atoms with Crippen LogP contribution in [0.1, 0.15) is 40.0 Å². The number of hydrogen-bond acceptors (Lipinski definition) is 5. The van der Waals surface area contributed by atoms with Crippen LogP contribution in [0.4, 0.5) is 0 Å². The third-order valence-electron chi connectivity index (χ3n) is 3.09. The van der Waals surface area contributed by atoms with Gasteiger partial charge in [0, 0.05) is 0 Å². The van der Waals surface area contributed by atoms with Crippen LogP contribution in [0, 0.1) is 5.92 Å². The second-order valence-corrected chi connectivity index (χ2v) is 5.47. The van der Waals surface area contributed by atoms with Gasteiger partial charge in [-0.15, -0.1) is 0 Å². The smallest absolute Gasteiger partial charge is 0.243 e. The van der Waals surface area contributed by atoms with Gasteiger partial charge < -0.3 is 22.1 Å². The molecular weight excluding hydrogens is 272 g/mol. The lowest BCUT2D eigenvalue weighted by molar-refractivity contribution is -0.130. The van der Waals surface area contributed by atoms with Gasteiger partial charge in [-0.25, -0.2) is 0 Å². The molecule has 0 aromatic heterocycles. The Hall–Kier alpha value is -1.47. The van der Waals surface area contributed by atoms with E-state index < -0.39 is 24.0 Å². The van der Waals surface area contributed by atoms with E-state index in [9.17, 15) is 14.4 Å². The van der Waals surface area contributed by atoms with Crippen molar-refractivity contribution in [1.82, 2.24) is 10.6 Å². The molecule has 0 aromatic carbocycles. The van der Waals surface area contributed by atoms with Gasteiger partial charge in [0.05, 0.1) is 12.1 Å². The van der Waals surface area contributed by atoms with Gasteiger partial charge in [0.25, 0.3) is 0 Å². The van der Waals surface area contributed by atoms with E-state index in [2.05, 4.69) is 10.6 Å². The Labute approximate surface area is 126 Å². The second-order valence-electron chi connectivity index (χ2n) is 5.47. The fraction of sp³-hybridized carbons (Fsp3) is 0.786. The molecule has 0 fully saturated rings. The minimum atomic E-state index is -0.728. The van der Waals surface area contributed by atoms with Gasteiger partial charge in [0.1, 0.15) is 6.04 Å². The van der Waals surface area contributed by atoms with Crippen LogP contribution in [0.3, 0.4) is 0 Å². The van der Waals surface area contributed by atoms with Gasteiger partial charge in [-0.1, -0.05) is 20.3 Å². The third kappa shape index (κ3) is 7.77. The summed E-state index contributed by atoms with van der Waals surface area (Å²) in [6.07, 6.45) is 3.76. The van der Waals surface area contributed by atoms with Crippen LogP contribution >= 0.6 is 0 Å². The fourth-order valence-corrected chi connectivity index (χ4v) is 1.77. The summed E-state index contributed by atoms with van der Waals surface area (Å²) in [4.78, 5) is 34.5. The highest BCUT2D eigenvalue weighted by Gasteiger charge is 2.27. The van der Waals surface area contributed by atoms with Crippen molar-refractivity contribution in [1.29, 1.82) is 0 Å². The summed E-state index contributed by atoms with van der Waals surface area (Å²) in [6.45, 7) is 5.69. The molecule has 21 heavy (non-hydrogen) atoms. The van der Waals surface area contributed by atoms with E-state index >= 15 is 0 Å². The molecule has 0 rings (SSSR count). The van der Waals surface area contributed by atoms with Gasteiger partial charge in [-0.05, 0) is 32.2 Å². The predicted molar refractivity (Wildman–Crippen MR) is 80.9 cm³/mol. The molecule has 0 saturated carbocycles. The Bertz CT molecular complexity index is 347. The number of nitrogens with one attached hydrogen (secondary N) is 2. The highest BCUT2D eigenvalue weighted by atomic mass is 16.2. The van der Waals surface area contributed by atoms with Crippen molar-refractivity contribution in [3.8, 4) is 0 Å². The summed E-state index contributed by atoms with van der Waals surface area (Å²) >= 11 is 0. The number of rotatable bonds is 10. The maximum Gasteiger partial charge on any atom is 0.243 e. The standard InChI is InChI=1S/C14H27N4O3/c1-9(2)12(14(21)17-10(3)8-19)18-13(20)11(16)6-4-5-7-15/h9-12H,4-7,15-16H2,1-3H3,(H,17,21)(H,18,20)/t10-,11-,12-/m0/s1. The van der Waals surface area contributed by atoms with Crippen LogP contribution in [0.15, 0.2) is 0 Å². The molecule has 7 heteroatoms. The number of nitrogens with two attached hydrogens (primary N) is 2. The number of amides is 2. The Morgan fingerprint density at radius 2 is 1.71 bits per heavy atom. The quantitative estimate of drug-likeness (QED) is 0.393. The van der Waals surface area contributed by atoms with Crippen LogP contribution < -0.4 is 22.1 Å². The molecule has 121 valence electrons. The van der Waals surface area contributed by atoms with Gasteiger partial charge in [0.15, 0.2) is 0 Å². The monoisotopic (exact) mass is 299 g/mol. The van der Waals surface area contributed by atoms with Crippen LogP contribution in [-0.4, -0.2) is 42.8 Å². The molecule has 0 aliphatic heterocycles. The highest BCUT2D eigenvalue weighted by Crippen LogP contribution is 2.04. The highest BCUT2D eigenvalue weighted by molar-refractivity contribution is 5.90. The molecule has 7 nitrogen and oxygen atoms in total. The average Bonchev–Trinajstić information content (AvgIpc) is 2.43. The Balaban J connectivity index is 4.51. The minimum Gasteiger partial charge on any atom is -0.344 e. The number of carbonyl (C=O) groups excluding carboxylic acids is 3. The average molecular weight is 299 g/mol. The van der Waals surface area contributed by atoms with Crippen molar-refractivity contribution in [3.63, 3.8) is 0 Å². The normalized spacial score (nSPS) is 15.1. The molecule has 2 amide bonds. The van der Waals surface area contributed by atoms with Crippen molar-refractivity contribution in [2.75, 3.05) is 6.54 Å². The lowest BCUT2D eigenvalue weighted by Gasteiger charge is -2.24. The molecule has 6 N–H and O–H groups in total. The van der Waals surface area contributed by atoms with E-state index in [1.807, 2.05) is 0 Å². The molecule has 0 bridgehead atoms. The first-order valence-electron chi connectivity index (χ1n) is 7.27. The SMILES string of the molecule is CC(C)[C@H](NC(=O)[C@@H](N)CCCCN)C(=O)N[C@@H](C)[C]=O. The molecule has 0 aromatic rings. The van der Waals surface area contributed by atoms with Crippen molar-refractivity contribution in [2.45, 2.75) is 58.2 Å². The Kier molecular flexibility index (Phi) is 9.56. The van der Waals surface area contributed by atoms with E-state index in [4.69, 9.17) is 11.5 Å². The molecule has 0 aliphatic carbocycles. The maximum atomic E-state index is 12.0. The summed E-state index contributed by atoms with van der Waals surface area (Å²) in [6, 6.07) is -2.11.